The largest absolute Gasteiger partial charge is 0.492 e. The van der Waals surface area contributed by atoms with Gasteiger partial charge in [-0.1, -0.05) is 37.6 Å². The predicted molar refractivity (Wildman–Crippen MR) is 117 cm³/mol. The fourth-order valence-corrected chi connectivity index (χ4v) is 4.97. The number of ether oxygens (including phenoxy) is 1. The fourth-order valence-electron chi connectivity index (χ4n) is 3.59. The molecule has 2 heterocycles. The lowest BCUT2D eigenvalue weighted by molar-refractivity contribution is -0.134. The third-order valence-electron chi connectivity index (χ3n) is 5.33. The summed E-state index contributed by atoms with van der Waals surface area (Å²) in [6.07, 6.45) is 2.63. The number of likely N-dealkylation sites (tertiary alicyclic amines) is 1. The number of rotatable bonds is 6. The smallest absolute Gasteiger partial charge is 0.225 e. The molecule has 0 aliphatic carbocycles. The highest BCUT2D eigenvalue weighted by molar-refractivity contribution is 7.11. The van der Waals surface area contributed by atoms with Gasteiger partial charge in [-0.25, -0.2) is 4.98 Å². The van der Waals surface area contributed by atoms with E-state index in [0.29, 0.717) is 49.7 Å². The highest BCUT2D eigenvalue weighted by Gasteiger charge is 2.36. The van der Waals surface area contributed by atoms with Gasteiger partial charge in [-0.3, -0.25) is 4.79 Å². The molecule has 0 spiro atoms. The number of benzene rings is 1. The molecule has 1 aliphatic rings. The van der Waals surface area contributed by atoms with Crippen LogP contribution in [0.5, 0.6) is 5.75 Å². The number of aryl methyl sites for hydroxylation is 1. The molecule has 158 valence electrons. The van der Waals surface area contributed by atoms with Crippen LogP contribution in [-0.2, 0) is 16.8 Å². The first kappa shape index (κ1) is 22.1. The summed E-state index contributed by atoms with van der Waals surface area (Å²) in [5.41, 5.74) is -0.0379. The zero-order valence-electron chi connectivity index (χ0n) is 17.3. The number of amides is 1. The number of nitrogens with zero attached hydrogens (tertiary/aromatic N) is 2. The van der Waals surface area contributed by atoms with Crippen molar-refractivity contribution in [1.82, 2.24) is 9.88 Å². The molecule has 0 bridgehead atoms. The molecular formula is C22H29ClN2O3S. The standard InChI is InChI=1S/C22H29ClN2O3S/c1-15(2)20(26)25-12-6-10-22(27,11-13-25)21-24-16(3)19(29-21)9-14-28-18-8-5-4-7-17(18)23/h4-5,7-8,15,27H,6,9-14H2,1-3H3/t22-/m1/s1. The molecule has 0 saturated carbocycles. The lowest BCUT2D eigenvalue weighted by Crippen LogP contribution is -2.36. The van der Waals surface area contributed by atoms with Crippen LogP contribution in [0.25, 0.3) is 0 Å². The quantitative estimate of drug-likeness (QED) is 0.719. The Balaban J connectivity index is 1.64. The number of carbonyl (C=O) groups excluding carboxylic acids is 1. The van der Waals surface area contributed by atoms with Crippen molar-refractivity contribution < 1.29 is 14.6 Å². The van der Waals surface area contributed by atoms with E-state index in [1.807, 2.05) is 49.9 Å². The third kappa shape index (κ3) is 5.30. The minimum absolute atomic E-state index is 0.0204. The minimum atomic E-state index is -0.969. The van der Waals surface area contributed by atoms with E-state index >= 15 is 0 Å². The topological polar surface area (TPSA) is 62.7 Å². The normalized spacial score (nSPS) is 20.0. The van der Waals surface area contributed by atoms with Crippen LogP contribution in [0.15, 0.2) is 24.3 Å². The zero-order valence-corrected chi connectivity index (χ0v) is 18.9. The summed E-state index contributed by atoms with van der Waals surface area (Å²) < 4.78 is 5.80. The van der Waals surface area contributed by atoms with E-state index in [4.69, 9.17) is 16.3 Å². The second-order valence-electron chi connectivity index (χ2n) is 7.92. The molecule has 3 rings (SSSR count). The van der Waals surface area contributed by atoms with Gasteiger partial charge in [0.05, 0.1) is 17.3 Å². The van der Waals surface area contributed by atoms with E-state index in [2.05, 4.69) is 4.98 Å². The average Bonchev–Trinajstić information content (AvgIpc) is 2.94. The van der Waals surface area contributed by atoms with Crippen LogP contribution in [0.3, 0.4) is 0 Å². The number of hydrogen-bond donors (Lipinski definition) is 1. The molecule has 1 fully saturated rings. The Hall–Kier alpha value is -1.63. The van der Waals surface area contributed by atoms with Gasteiger partial charge in [0, 0.05) is 36.7 Å². The van der Waals surface area contributed by atoms with Crippen LogP contribution in [0, 0.1) is 12.8 Å². The highest BCUT2D eigenvalue weighted by Crippen LogP contribution is 2.37. The predicted octanol–water partition coefficient (Wildman–Crippen LogP) is 4.58. The summed E-state index contributed by atoms with van der Waals surface area (Å²) in [4.78, 5) is 20.0. The molecule has 0 unspecified atom stereocenters. The zero-order chi connectivity index (χ0) is 21.0. The Bertz CT molecular complexity index is 854. The number of hydrogen-bond acceptors (Lipinski definition) is 5. The van der Waals surface area contributed by atoms with Gasteiger partial charge in [-0.05, 0) is 31.9 Å². The van der Waals surface area contributed by atoms with Crippen LogP contribution in [-0.4, -0.2) is 40.6 Å². The van der Waals surface area contributed by atoms with Crippen LogP contribution in [0.1, 0.15) is 48.7 Å². The molecule has 1 aromatic carbocycles. The van der Waals surface area contributed by atoms with E-state index in [1.165, 1.54) is 0 Å². The van der Waals surface area contributed by atoms with Crippen LogP contribution in [0.2, 0.25) is 5.02 Å². The number of aromatic nitrogens is 1. The summed E-state index contributed by atoms with van der Waals surface area (Å²) >= 11 is 7.69. The first-order valence-electron chi connectivity index (χ1n) is 10.2. The molecule has 2 aromatic rings. The average molecular weight is 437 g/mol. The summed E-state index contributed by atoms with van der Waals surface area (Å²) in [6.45, 7) is 7.57. The van der Waals surface area contributed by atoms with Crippen molar-refractivity contribution in [3.8, 4) is 5.75 Å². The SMILES string of the molecule is Cc1nc([C@@]2(O)CCCN(C(=O)C(C)C)CC2)sc1CCOc1ccccc1Cl. The Labute approximate surface area is 181 Å². The van der Waals surface area contributed by atoms with Gasteiger partial charge in [-0.15, -0.1) is 11.3 Å². The van der Waals surface area contributed by atoms with Crippen molar-refractivity contribution in [1.29, 1.82) is 0 Å². The van der Waals surface area contributed by atoms with E-state index in [-0.39, 0.29) is 11.8 Å². The first-order chi connectivity index (χ1) is 13.8. The monoisotopic (exact) mass is 436 g/mol. The van der Waals surface area contributed by atoms with E-state index < -0.39 is 5.60 Å². The molecule has 1 atom stereocenters. The van der Waals surface area contributed by atoms with Crippen LogP contribution < -0.4 is 4.74 Å². The summed E-state index contributed by atoms with van der Waals surface area (Å²) in [7, 11) is 0. The molecule has 1 aromatic heterocycles. The Morgan fingerprint density at radius 3 is 2.83 bits per heavy atom. The maximum Gasteiger partial charge on any atom is 0.225 e. The van der Waals surface area contributed by atoms with Crippen LogP contribution in [0.4, 0.5) is 0 Å². The highest BCUT2D eigenvalue weighted by atomic mass is 35.5. The maximum absolute atomic E-state index is 12.3. The van der Waals surface area contributed by atoms with Crippen molar-refractivity contribution in [2.45, 2.75) is 52.1 Å². The van der Waals surface area contributed by atoms with Crippen molar-refractivity contribution in [3.63, 3.8) is 0 Å². The van der Waals surface area contributed by atoms with Gasteiger partial charge in [0.25, 0.3) is 0 Å². The van der Waals surface area contributed by atoms with E-state index in [1.54, 1.807) is 11.3 Å². The van der Waals surface area contributed by atoms with Crippen molar-refractivity contribution in [2.24, 2.45) is 5.92 Å². The second kappa shape index (κ2) is 9.45. The molecule has 0 radical (unpaired) electrons. The molecule has 1 aliphatic heterocycles. The van der Waals surface area contributed by atoms with Gasteiger partial charge in [0.2, 0.25) is 5.91 Å². The third-order valence-corrected chi connectivity index (χ3v) is 7.06. The Kier molecular flexibility index (Phi) is 7.19. The van der Waals surface area contributed by atoms with E-state index in [0.717, 1.165) is 22.0 Å². The second-order valence-corrected chi connectivity index (χ2v) is 9.41. The van der Waals surface area contributed by atoms with Gasteiger partial charge in [0.15, 0.2) is 0 Å². The van der Waals surface area contributed by atoms with Crippen molar-refractivity contribution in [2.75, 3.05) is 19.7 Å². The molecule has 7 heteroatoms. The van der Waals surface area contributed by atoms with Gasteiger partial charge in [-0.2, -0.15) is 0 Å². The molecule has 1 saturated heterocycles. The number of para-hydroxylation sites is 1. The van der Waals surface area contributed by atoms with Crippen molar-refractivity contribution in [3.05, 3.63) is 44.9 Å². The molecule has 5 nitrogen and oxygen atoms in total. The van der Waals surface area contributed by atoms with Gasteiger partial charge >= 0.3 is 0 Å². The molecule has 29 heavy (non-hydrogen) atoms. The summed E-state index contributed by atoms with van der Waals surface area (Å²) in [5.74, 6) is 0.809. The lowest BCUT2D eigenvalue weighted by Gasteiger charge is -2.25. The van der Waals surface area contributed by atoms with Gasteiger partial charge in [0.1, 0.15) is 16.4 Å². The fraction of sp³-hybridized carbons (Fsp3) is 0.545. The van der Waals surface area contributed by atoms with Crippen molar-refractivity contribution >= 4 is 28.8 Å². The Morgan fingerprint density at radius 2 is 2.10 bits per heavy atom. The first-order valence-corrected chi connectivity index (χ1v) is 11.3. The number of carbonyl (C=O) groups is 1. The minimum Gasteiger partial charge on any atom is -0.492 e. The van der Waals surface area contributed by atoms with Crippen LogP contribution >= 0.6 is 22.9 Å². The molecule has 1 amide bonds. The number of thiazole rings is 1. The number of halogens is 1. The molecule has 1 N–H and O–H groups in total. The lowest BCUT2D eigenvalue weighted by atomic mass is 9.96. The van der Waals surface area contributed by atoms with Gasteiger partial charge < -0.3 is 14.7 Å². The summed E-state index contributed by atoms with van der Waals surface area (Å²) in [5, 5.41) is 12.7. The number of aliphatic hydroxyl groups is 1. The summed E-state index contributed by atoms with van der Waals surface area (Å²) in [6, 6.07) is 7.43. The molecular weight excluding hydrogens is 408 g/mol. The maximum atomic E-state index is 12.3. The Morgan fingerprint density at radius 1 is 1.34 bits per heavy atom. The van der Waals surface area contributed by atoms with E-state index in [9.17, 15) is 9.90 Å².